The fraction of sp³-hybridized carbons (Fsp3) is 0.435. The van der Waals surface area contributed by atoms with Crippen molar-refractivity contribution in [2.24, 2.45) is 0 Å². The van der Waals surface area contributed by atoms with Crippen LogP contribution in [0.5, 0.6) is 11.5 Å². The SMILES string of the molecule is Cc1ccc(S(=O)(=O)N2CCCCC2)cc1C(=O)N[C@@H](C)c1ccc2c(c1)OCCO2. The molecule has 0 bridgehead atoms. The summed E-state index contributed by atoms with van der Waals surface area (Å²) in [6.07, 6.45) is 2.78. The van der Waals surface area contributed by atoms with Crippen LogP contribution in [0.15, 0.2) is 41.3 Å². The van der Waals surface area contributed by atoms with Crippen molar-refractivity contribution in [1.82, 2.24) is 9.62 Å². The molecule has 0 aliphatic carbocycles. The van der Waals surface area contributed by atoms with Gasteiger partial charge in [-0.3, -0.25) is 4.79 Å². The third-order valence-electron chi connectivity index (χ3n) is 5.82. The first kappa shape index (κ1) is 21.6. The van der Waals surface area contributed by atoms with Crippen molar-refractivity contribution in [2.75, 3.05) is 26.3 Å². The molecule has 2 aromatic rings. The van der Waals surface area contributed by atoms with Gasteiger partial charge < -0.3 is 14.8 Å². The van der Waals surface area contributed by atoms with Crippen molar-refractivity contribution in [3.63, 3.8) is 0 Å². The molecule has 8 heteroatoms. The highest BCUT2D eigenvalue weighted by Gasteiger charge is 2.27. The van der Waals surface area contributed by atoms with E-state index in [0.717, 1.165) is 30.4 Å². The number of fused-ring (bicyclic) bond motifs is 1. The molecule has 2 aliphatic rings. The second kappa shape index (κ2) is 8.88. The second-order valence-corrected chi connectivity index (χ2v) is 9.98. The minimum absolute atomic E-state index is 0.164. The van der Waals surface area contributed by atoms with E-state index in [1.807, 2.05) is 25.1 Å². The molecule has 1 saturated heterocycles. The van der Waals surface area contributed by atoms with Crippen molar-refractivity contribution in [3.05, 3.63) is 53.1 Å². The highest BCUT2D eigenvalue weighted by Crippen LogP contribution is 2.32. The Hall–Kier alpha value is -2.58. The van der Waals surface area contributed by atoms with E-state index in [4.69, 9.17) is 9.47 Å². The lowest BCUT2D eigenvalue weighted by molar-refractivity contribution is 0.0939. The molecule has 1 amide bonds. The Morgan fingerprint density at radius 2 is 1.71 bits per heavy atom. The van der Waals surface area contributed by atoms with Gasteiger partial charge in [-0.05, 0) is 62.1 Å². The van der Waals surface area contributed by atoms with Gasteiger partial charge in [-0.1, -0.05) is 18.6 Å². The zero-order valence-electron chi connectivity index (χ0n) is 17.9. The number of hydrogen-bond acceptors (Lipinski definition) is 5. The van der Waals surface area contributed by atoms with Crippen molar-refractivity contribution in [3.8, 4) is 11.5 Å². The molecule has 7 nitrogen and oxygen atoms in total. The summed E-state index contributed by atoms with van der Waals surface area (Å²) >= 11 is 0. The number of ether oxygens (including phenoxy) is 2. The van der Waals surface area contributed by atoms with Crippen molar-refractivity contribution in [1.29, 1.82) is 0 Å². The predicted molar refractivity (Wildman–Crippen MR) is 117 cm³/mol. The first-order valence-electron chi connectivity index (χ1n) is 10.7. The van der Waals surface area contributed by atoms with Gasteiger partial charge in [0.15, 0.2) is 11.5 Å². The van der Waals surface area contributed by atoms with Gasteiger partial charge in [0, 0.05) is 18.7 Å². The van der Waals surface area contributed by atoms with Gasteiger partial charge in [0.1, 0.15) is 13.2 Å². The van der Waals surface area contributed by atoms with Gasteiger partial charge in [-0.2, -0.15) is 4.31 Å². The number of nitrogens with one attached hydrogen (secondary N) is 1. The standard InChI is InChI=1S/C23H28N2O5S/c1-16-6-8-19(31(27,28)25-10-4-3-5-11-25)15-20(16)23(26)24-17(2)18-7-9-21-22(14-18)30-13-12-29-21/h6-9,14-15,17H,3-5,10-13H2,1-2H3,(H,24,26)/t17-/m0/s1. The number of carbonyl (C=O) groups is 1. The highest BCUT2D eigenvalue weighted by atomic mass is 32.2. The summed E-state index contributed by atoms with van der Waals surface area (Å²) in [5.74, 6) is 1.05. The van der Waals surface area contributed by atoms with Crippen LogP contribution < -0.4 is 14.8 Å². The normalized spacial score (nSPS) is 17.7. The number of rotatable bonds is 5. The van der Waals surface area contributed by atoms with Gasteiger partial charge in [-0.15, -0.1) is 0 Å². The predicted octanol–water partition coefficient (Wildman–Crippen LogP) is 3.43. The Balaban J connectivity index is 1.53. The fourth-order valence-corrected chi connectivity index (χ4v) is 5.49. The molecule has 0 saturated carbocycles. The van der Waals surface area contributed by atoms with Crippen molar-refractivity contribution in [2.45, 2.75) is 44.0 Å². The summed E-state index contributed by atoms with van der Waals surface area (Å²) < 4.78 is 38.7. The van der Waals surface area contributed by atoms with E-state index in [1.54, 1.807) is 19.1 Å². The van der Waals surface area contributed by atoms with Crippen molar-refractivity contribution < 1.29 is 22.7 Å². The number of carbonyl (C=O) groups excluding carboxylic acids is 1. The molecule has 2 aliphatic heterocycles. The molecule has 0 spiro atoms. The zero-order chi connectivity index (χ0) is 22.0. The topological polar surface area (TPSA) is 84.9 Å². The van der Waals surface area contributed by atoms with E-state index in [2.05, 4.69) is 5.32 Å². The number of sulfonamides is 1. The molecule has 166 valence electrons. The van der Waals surface area contributed by atoms with Gasteiger partial charge in [0.05, 0.1) is 10.9 Å². The molecule has 1 fully saturated rings. The molecule has 4 rings (SSSR count). The quantitative estimate of drug-likeness (QED) is 0.764. The van der Waals surface area contributed by atoms with Crippen LogP contribution in [-0.4, -0.2) is 44.9 Å². The molecule has 1 N–H and O–H groups in total. The molecule has 2 aromatic carbocycles. The van der Waals surface area contributed by atoms with Crippen LogP contribution in [0.25, 0.3) is 0 Å². The van der Waals surface area contributed by atoms with E-state index in [-0.39, 0.29) is 16.8 Å². The van der Waals surface area contributed by atoms with Gasteiger partial charge in [0.25, 0.3) is 5.91 Å². The number of benzene rings is 2. The van der Waals surface area contributed by atoms with Crippen LogP contribution >= 0.6 is 0 Å². The lowest BCUT2D eigenvalue weighted by Gasteiger charge is -2.26. The van der Waals surface area contributed by atoms with Crippen LogP contribution in [0.3, 0.4) is 0 Å². The Bertz CT molecular complexity index is 1080. The number of piperidine rings is 1. The van der Waals surface area contributed by atoms with E-state index in [1.165, 1.54) is 10.4 Å². The molecule has 31 heavy (non-hydrogen) atoms. The third-order valence-corrected chi connectivity index (χ3v) is 7.71. The van der Waals surface area contributed by atoms with Gasteiger partial charge in [0.2, 0.25) is 10.0 Å². The number of hydrogen-bond donors (Lipinski definition) is 1. The van der Waals surface area contributed by atoms with Crippen LogP contribution in [0.1, 0.15) is 53.7 Å². The average Bonchev–Trinajstić information content (AvgIpc) is 2.79. The summed E-state index contributed by atoms with van der Waals surface area (Å²) in [5, 5.41) is 2.97. The molecular formula is C23H28N2O5S. The molecule has 2 heterocycles. The van der Waals surface area contributed by atoms with Crippen molar-refractivity contribution >= 4 is 15.9 Å². The first-order valence-corrected chi connectivity index (χ1v) is 12.1. The molecule has 0 radical (unpaired) electrons. The molecular weight excluding hydrogens is 416 g/mol. The van der Waals surface area contributed by atoms with E-state index in [0.29, 0.717) is 43.4 Å². The lowest BCUT2D eigenvalue weighted by Crippen LogP contribution is -2.35. The van der Waals surface area contributed by atoms with E-state index < -0.39 is 10.0 Å². The Kier molecular flexibility index (Phi) is 6.20. The second-order valence-electron chi connectivity index (χ2n) is 8.04. The van der Waals surface area contributed by atoms with Crippen LogP contribution in [-0.2, 0) is 10.0 Å². The summed E-state index contributed by atoms with van der Waals surface area (Å²) in [6, 6.07) is 10.1. The summed E-state index contributed by atoms with van der Waals surface area (Å²) in [7, 11) is -3.60. The number of amides is 1. The molecule has 0 aromatic heterocycles. The fourth-order valence-electron chi connectivity index (χ4n) is 3.95. The highest BCUT2D eigenvalue weighted by molar-refractivity contribution is 7.89. The smallest absolute Gasteiger partial charge is 0.252 e. The number of aryl methyl sites for hydroxylation is 1. The zero-order valence-corrected chi connectivity index (χ0v) is 18.7. The van der Waals surface area contributed by atoms with E-state index >= 15 is 0 Å². The van der Waals surface area contributed by atoms with Crippen LogP contribution in [0.4, 0.5) is 0 Å². The average molecular weight is 445 g/mol. The van der Waals surface area contributed by atoms with Gasteiger partial charge in [-0.25, -0.2) is 8.42 Å². The van der Waals surface area contributed by atoms with Crippen LogP contribution in [0, 0.1) is 6.92 Å². The molecule has 1 atom stereocenters. The minimum atomic E-state index is -3.60. The lowest BCUT2D eigenvalue weighted by atomic mass is 10.0. The maximum absolute atomic E-state index is 13.0. The summed E-state index contributed by atoms with van der Waals surface area (Å²) in [4.78, 5) is 13.2. The largest absolute Gasteiger partial charge is 0.486 e. The maximum Gasteiger partial charge on any atom is 0.252 e. The minimum Gasteiger partial charge on any atom is -0.486 e. The summed E-state index contributed by atoms with van der Waals surface area (Å²) in [6.45, 7) is 5.76. The third kappa shape index (κ3) is 4.55. The Morgan fingerprint density at radius 1 is 1.00 bits per heavy atom. The van der Waals surface area contributed by atoms with Gasteiger partial charge >= 0.3 is 0 Å². The first-order chi connectivity index (χ1) is 14.9. The number of nitrogens with zero attached hydrogens (tertiary/aromatic N) is 1. The monoisotopic (exact) mass is 444 g/mol. The molecule has 0 unspecified atom stereocenters. The Labute approximate surface area is 183 Å². The Morgan fingerprint density at radius 3 is 2.45 bits per heavy atom. The maximum atomic E-state index is 13.0. The van der Waals surface area contributed by atoms with Crippen LogP contribution in [0.2, 0.25) is 0 Å². The summed E-state index contributed by atoms with van der Waals surface area (Å²) in [5.41, 5.74) is 1.97. The van der Waals surface area contributed by atoms with E-state index in [9.17, 15) is 13.2 Å².